The number of aromatic nitrogens is 4. The first-order chi connectivity index (χ1) is 15.9. The second-order valence-electron chi connectivity index (χ2n) is 8.17. The third kappa shape index (κ3) is 3.82. The molecule has 2 aromatic heterocycles. The van der Waals surface area contributed by atoms with Crippen molar-refractivity contribution in [2.24, 2.45) is 0 Å². The van der Waals surface area contributed by atoms with Crippen molar-refractivity contribution >= 4 is 32.2 Å². The molecule has 2 heterocycles. The fourth-order valence-electron chi connectivity index (χ4n) is 3.78. The molecule has 0 aliphatic rings. The molecule has 3 aromatic carbocycles. The molecule has 0 fully saturated rings. The summed E-state index contributed by atoms with van der Waals surface area (Å²) in [4.78, 5) is 4.83. The molecule has 7 nitrogen and oxygen atoms in total. The van der Waals surface area contributed by atoms with Gasteiger partial charge < -0.3 is 5.32 Å². The van der Waals surface area contributed by atoms with Crippen LogP contribution < -0.4 is 5.32 Å². The van der Waals surface area contributed by atoms with Crippen molar-refractivity contribution in [3.63, 3.8) is 0 Å². The minimum Gasteiger partial charge on any atom is -0.365 e. The molecule has 0 spiro atoms. The van der Waals surface area contributed by atoms with Gasteiger partial charge in [0.2, 0.25) is 14.9 Å². The molecule has 0 unspecified atom stereocenters. The number of rotatable bonds is 6. The first-order valence-corrected chi connectivity index (χ1v) is 12.2. The minimum atomic E-state index is -3.90. The molecule has 1 N–H and O–H groups in total. The lowest BCUT2D eigenvalue weighted by Gasteiger charge is -2.11. The second-order valence-corrected chi connectivity index (χ2v) is 10.0. The maximum atomic E-state index is 13.4. The summed E-state index contributed by atoms with van der Waals surface area (Å²) in [6.45, 7) is 4.68. The van der Waals surface area contributed by atoms with Gasteiger partial charge >= 0.3 is 0 Å². The van der Waals surface area contributed by atoms with Crippen LogP contribution >= 0.6 is 0 Å². The Morgan fingerprint density at radius 3 is 2.33 bits per heavy atom. The van der Waals surface area contributed by atoms with Gasteiger partial charge in [-0.3, -0.25) is 0 Å². The van der Waals surface area contributed by atoms with E-state index in [1.165, 1.54) is 4.52 Å². The van der Waals surface area contributed by atoms with E-state index in [9.17, 15) is 8.42 Å². The molecule has 0 aliphatic carbocycles. The Morgan fingerprint density at radius 1 is 0.909 bits per heavy atom. The van der Waals surface area contributed by atoms with Gasteiger partial charge in [0.1, 0.15) is 5.82 Å². The van der Waals surface area contributed by atoms with E-state index in [0.29, 0.717) is 18.3 Å². The van der Waals surface area contributed by atoms with Gasteiger partial charge in [0, 0.05) is 11.9 Å². The Balaban J connectivity index is 1.63. The van der Waals surface area contributed by atoms with Crippen LogP contribution in [0.2, 0.25) is 0 Å². The van der Waals surface area contributed by atoms with Gasteiger partial charge in [0.25, 0.3) is 0 Å². The van der Waals surface area contributed by atoms with Crippen LogP contribution in [0.5, 0.6) is 0 Å². The van der Waals surface area contributed by atoms with Crippen LogP contribution in [0, 0.1) is 0 Å². The average molecular weight is 458 g/mol. The van der Waals surface area contributed by atoms with E-state index >= 15 is 0 Å². The topological polar surface area (TPSA) is 89.2 Å². The van der Waals surface area contributed by atoms with E-state index in [0.717, 1.165) is 22.0 Å². The monoisotopic (exact) mass is 457 g/mol. The Hall–Kier alpha value is -3.78. The standard InChI is InChI=1S/C25H23N5O2S/c1-17(2)19-12-14-20(15-13-19)33(31,32)25-24-27-23(26-16-18-8-4-3-5-9-18)21-10-6-7-11-22(21)30(24)29-28-25/h3-15,17H,16H2,1-2H3,(H,26,27). The highest BCUT2D eigenvalue weighted by Crippen LogP contribution is 2.29. The number of anilines is 1. The van der Waals surface area contributed by atoms with Gasteiger partial charge in [-0.2, -0.15) is 4.52 Å². The molecule has 0 aliphatic heterocycles. The summed E-state index contributed by atoms with van der Waals surface area (Å²) >= 11 is 0. The normalized spacial score (nSPS) is 12.0. The van der Waals surface area contributed by atoms with Gasteiger partial charge in [0.05, 0.1) is 10.4 Å². The highest BCUT2D eigenvalue weighted by Gasteiger charge is 2.27. The first-order valence-electron chi connectivity index (χ1n) is 10.7. The second kappa shape index (κ2) is 8.29. The Morgan fingerprint density at radius 2 is 1.61 bits per heavy atom. The zero-order chi connectivity index (χ0) is 23.0. The fraction of sp³-hybridized carbons (Fsp3) is 0.160. The van der Waals surface area contributed by atoms with Crippen molar-refractivity contribution in [2.45, 2.75) is 36.2 Å². The Bertz CT molecular complexity index is 1540. The summed E-state index contributed by atoms with van der Waals surface area (Å²) in [5.74, 6) is 0.888. The van der Waals surface area contributed by atoms with Gasteiger partial charge in [-0.15, -0.1) is 5.10 Å². The first kappa shape index (κ1) is 21.1. The van der Waals surface area contributed by atoms with Crippen molar-refractivity contribution in [1.82, 2.24) is 19.8 Å². The summed E-state index contributed by atoms with van der Waals surface area (Å²) in [5, 5.41) is 12.2. The van der Waals surface area contributed by atoms with E-state index in [1.54, 1.807) is 12.1 Å². The molecule has 5 rings (SSSR count). The SMILES string of the molecule is CC(C)c1ccc(S(=O)(=O)c2nnn3c2nc(NCc2ccccc2)c2ccccc23)cc1. The maximum Gasteiger partial charge on any atom is 0.229 e. The number of nitrogens with one attached hydrogen (secondary N) is 1. The molecule has 0 saturated carbocycles. The highest BCUT2D eigenvalue weighted by atomic mass is 32.2. The molecule has 8 heteroatoms. The van der Waals surface area contributed by atoms with Crippen molar-refractivity contribution in [2.75, 3.05) is 5.32 Å². The summed E-state index contributed by atoms with van der Waals surface area (Å²) in [6.07, 6.45) is 0. The van der Waals surface area contributed by atoms with Crippen LogP contribution in [0.15, 0.2) is 88.8 Å². The van der Waals surface area contributed by atoms with Gasteiger partial charge in [-0.1, -0.05) is 73.7 Å². The zero-order valence-electron chi connectivity index (χ0n) is 18.3. The molecule has 0 radical (unpaired) electrons. The summed E-state index contributed by atoms with van der Waals surface area (Å²) < 4.78 is 28.4. The molecular weight excluding hydrogens is 434 g/mol. The lowest BCUT2D eigenvalue weighted by atomic mass is 10.0. The Labute approximate surface area is 192 Å². The smallest absolute Gasteiger partial charge is 0.229 e. The van der Waals surface area contributed by atoms with E-state index in [2.05, 4.69) is 34.5 Å². The van der Waals surface area contributed by atoms with E-state index in [4.69, 9.17) is 0 Å². The molecular formula is C25H23N5O2S. The molecule has 33 heavy (non-hydrogen) atoms. The van der Waals surface area contributed by atoms with Crippen LogP contribution in [0.1, 0.15) is 30.9 Å². The average Bonchev–Trinajstić information content (AvgIpc) is 3.28. The lowest BCUT2D eigenvalue weighted by Crippen LogP contribution is -2.07. The number of hydrogen-bond donors (Lipinski definition) is 1. The number of benzene rings is 3. The van der Waals surface area contributed by atoms with Crippen molar-refractivity contribution in [3.8, 4) is 0 Å². The number of fused-ring (bicyclic) bond motifs is 3. The van der Waals surface area contributed by atoms with Gasteiger partial charge in [0.15, 0.2) is 5.65 Å². The van der Waals surface area contributed by atoms with Gasteiger partial charge in [-0.05, 0) is 41.3 Å². The van der Waals surface area contributed by atoms with Crippen molar-refractivity contribution in [1.29, 1.82) is 0 Å². The van der Waals surface area contributed by atoms with Crippen LogP contribution in [0.4, 0.5) is 5.82 Å². The quantitative estimate of drug-likeness (QED) is 0.392. The summed E-state index contributed by atoms with van der Waals surface area (Å²) in [5.41, 5.74) is 3.07. The molecule has 5 aromatic rings. The van der Waals surface area contributed by atoms with E-state index in [-0.39, 0.29) is 15.6 Å². The van der Waals surface area contributed by atoms with Gasteiger partial charge in [-0.25, -0.2) is 13.4 Å². The van der Waals surface area contributed by atoms with Crippen molar-refractivity contribution < 1.29 is 8.42 Å². The van der Waals surface area contributed by atoms with E-state index < -0.39 is 9.84 Å². The van der Waals surface area contributed by atoms with Crippen LogP contribution in [0.25, 0.3) is 16.6 Å². The third-order valence-electron chi connectivity index (χ3n) is 5.64. The maximum absolute atomic E-state index is 13.4. The largest absolute Gasteiger partial charge is 0.365 e. The van der Waals surface area contributed by atoms with Crippen LogP contribution in [0.3, 0.4) is 0 Å². The number of nitrogens with zero attached hydrogens (tertiary/aromatic N) is 4. The predicted molar refractivity (Wildman–Crippen MR) is 128 cm³/mol. The zero-order valence-corrected chi connectivity index (χ0v) is 19.1. The molecule has 0 amide bonds. The van der Waals surface area contributed by atoms with Crippen molar-refractivity contribution in [3.05, 3.63) is 90.0 Å². The number of sulfone groups is 1. The molecule has 0 atom stereocenters. The number of para-hydroxylation sites is 1. The number of hydrogen-bond acceptors (Lipinski definition) is 6. The predicted octanol–water partition coefficient (Wildman–Crippen LogP) is 4.85. The third-order valence-corrected chi connectivity index (χ3v) is 7.30. The van der Waals surface area contributed by atoms with Crippen LogP contribution in [-0.2, 0) is 16.4 Å². The molecule has 0 bridgehead atoms. The lowest BCUT2D eigenvalue weighted by molar-refractivity contribution is 0.592. The highest BCUT2D eigenvalue weighted by molar-refractivity contribution is 7.91. The van der Waals surface area contributed by atoms with E-state index in [1.807, 2.05) is 66.7 Å². The summed E-state index contributed by atoms with van der Waals surface area (Å²) in [6, 6.07) is 24.4. The minimum absolute atomic E-state index is 0.159. The summed E-state index contributed by atoms with van der Waals surface area (Å²) in [7, 11) is -3.90. The Kier molecular flexibility index (Phi) is 5.30. The fourth-order valence-corrected chi connectivity index (χ4v) is 5.01. The molecule has 166 valence electrons. The molecule has 0 saturated heterocycles. The van der Waals surface area contributed by atoms with Crippen LogP contribution in [-0.4, -0.2) is 28.2 Å².